The number of carbonyl (C=O) groups is 3. The number of unbranched alkanes of at least 4 members (excludes halogenated alkanes) is 1. The van der Waals surface area contributed by atoms with Crippen molar-refractivity contribution >= 4 is 28.2 Å². The van der Waals surface area contributed by atoms with Gasteiger partial charge in [-0.05, 0) is 24.8 Å². The van der Waals surface area contributed by atoms with Crippen molar-refractivity contribution in [1.29, 1.82) is 0 Å². The molecule has 0 aliphatic rings. The van der Waals surface area contributed by atoms with Crippen molar-refractivity contribution in [3.63, 3.8) is 0 Å². The summed E-state index contributed by atoms with van der Waals surface area (Å²) in [6, 6.07) is 8.03. The van der Waals surface area contributed by atoms with Gasteiger partial charge in [-0.3, -0.25) is 4.79 Å². The average molecular weight is 430 g/mol. The van der Waals surface area contributed by atoms with E-state index in [9.17, 15) is 22.8 Å². The van der Waals surface area contributed by atoms with Gasteiger partial charge in [-0.25, -0.2) is 14.3 Å². The first kappa shape index (κ1) is 24.3. The van der Waals surface area contributed by atoms with Crippen LogP contribution in [-0.4, -0.2) is 57.7 Å². The second kappa shape index (κ2) is 12.7. The number of nitrogens with one attached hydrogen (secondary N) is 4. The highest BCUT2D eigenvalue weighted by atomic mass is 32.2. The highest BCUT2D eigenvalue weighted by Gasteiger charge is 2.20. The number of amides is 2. The summed E-state index contributed by atoms with van der Waals surface area (Å²) in [5.41, 5.74) is 0.861. The quantitative estimate of drug-likeness (QED) is 0.268. The van der Waals surface area contributed by atoms with Gasteiger partial charge < -0.3 is 20.5 Å². The van der Waals surface area contributed by atoms with Crippen LogP contribution in [0.3, 0.4) is 0 Å². The molecule has 11 nitrogen and oxygen atoms in total. The molecule has 2 amide bonds. The van der Waals surface area contributed by atoms with Gasteiger partial charge in [0.25, 0.3) is 10.2 Å². The third-order valence-electron chi connectivity index (χ3n) is 3.73. The fourth-order valence-electron chi connectivity index (χ4n) is 2.17. The van der Waals surface area contributed by atoms with E-state index in [1.807, 2.05) is 39.8 Å². The van der Waals surface area contributed by atoms with E-state index < -0.39 is 40.8 Å². The van der Waals surface area contributed by atoms with Crippen molar-refractivity contribution < 1.29 is 32.6 Å². The Morgan fingerprint density at radius 3 is 2.45 bits per heavy atom. The van der Waals surface area contributed by atoms with Crippen LogP contribution in [0.5, 0.6) is 0 Å². The molecule has 5 N–H and O–H groups in total. The fraction of sp³-hybridized carbons (Fsp3) is 0.471. The second-order valence-electron chi connectivity index (χ2n) is 5.97. The van der Waals surface area contributed by atoms with E-state index in [-0.39, 0.29) is 19.6 Å². The summed E-state index contributed by atoms with van der Waals surface area (Å²) in [6.07, 6.45) is 0.444. The number of carboxylic acids is 1. The van der Waals surface area contributed by atoms with Crippen LogP contribution in [0.1, 0.15) is 24.8 Å². The first-order chi connectivity index (χ1) is 13.7. The summed E-state index contributed by atoms with van der Waals surface area (Å²) >= 11 is 0. The smallest absolute Gasteiger partial charge is 0.407 e. The largest absolute Gasteiger partial charge is 0.480 e. The van der Waals surface area contributed by atoms with Crippen molar-refractivity contribution in [2.45, 2.75) is 31.9 Å². The van der Waals surface area contributed by atoms with E-state index in [1.165, 1.54) is 7.05 Å². The van der Waals surface area contributed by atoms with E-state index in [0.717, 1.165) is 5.56 Å². The summed E-state index contributed by atoms with van der Waals surface area (Å²) in [4.78, 5) is 34.5. The normalized spacial score (nSPS) is 12.0. The Morgan fingerprint density at radius 1 is 1.14 bits per heavy atom. The zero-order valence-electron chi connectivity index (χ0n) is 16.0. The Bertz CT molecular complexity index is 771. The maximum Gasteiger partial charge on any atom is 0.407 e. The van der Waals surface area contributed by atoms with Crippen LogP contribution in [0.25, 0.3) is 0 Å². The first-order valence-electron chi connectivity index (χ1n) is 8.88. The summed E-state index contributed by atoms with van der Waals surface area (Å²) in [5, 5.41) is 14.0. The summed E-state index contributed by atoms with van der Waals surface area (Å²) in [6.45, 7) is -0.144. The topological polar surface area (TPSA) is 163 Å². The lowest BCUT2D eigenvalue weighted by Gasteiger charge is -2.15. The number of hydrogen-bond acceptors (Lipinski definition) is 6. The van der Waals surface area contributed by atoms with Crippen LogP contribution < -0.4 is 20.1 Å². The van der Waals surface area contributed by atoms with Crippen LogP contribution in [0, 0.1) is 0 Å². The van der Waals surface area contributed by atoms with Gasteiger partial charge in [-0.15, -0.1) is 0 Å². The molecule has 0 aliphatic carbocycles. The molecular weight excluding hydrogens is 404 g/mol. The number of hydrogen-bond donors (Lipinski definition) is 5. The number of ether oxygens (including phenoxy) is 1. The third-order valence-corrected chi connectivity index (χ3v) is 4.79. The van der Waals surface area contributed by atoms with Crippen molar-refractivity contribution in [3.05, 3.63) is 35.9 Å². The molecule has 0 bridgehead atoms. The maximum atomic E-state index is 11.7. The first-order valence-corrected chi connectivity index (χ1v) is 10.4. The zero-order chi connectivity index (χ0) is 21.7. The lowest BCUT2D eigenvalue weighted by Crippen LogP contribution is -2.47. The summed E-state index contributed by atoms with van der Waals surface area (Å²) in [5.74, 6) is -2.00. The van der Waals surface area contributed by atoms with Crippen LogP contribution in [0.2, 0.25) is 0 Å². The second-order valence-corrected chi connectivity index (χ2v) is 7.68. The van der Waals surface area contributed by atoms with E-state index in [0.29, 0.717) is 12.8 Å². The number of aliphatic carboxylic acids is 1. The molecule has 1 rings (SSSR count). The molecule has 0 unspecified atom stereocenters. The van der Waals surface area contributed by atoms with Crippen LogP contribution in [0.4, 0.5) is 4.79 Å². The predicted molar refractivity (Wildman–Crippen MR) is 104 cm³/mol. The molecule has 0 heterocycles. The average Bonchev–Trinajstić information content (AvgIpc) is 2.70. The third kappa shape index (κ3) is 11.0. The molecule has 0 spiro atoms. The molecule has 0 aliphatic heterocycles. The zero-order valence-corrected chi connectivity index (χ0v) is 16.8. The Kier molecular flexibility index (Phi) is 10.7. The minimum absolute atomic E-state index is 0.126. The van der Waals surface area contributed by atoms with Crippen molar-refractivity contribution in [1.82, 2.24) is 20.1 Å². The van der Waals surface area contributed by atoms with E-state index in [1.54, 1.807) is 0 Å². The van der Waals surface area contributed by atoms with Crippen molar-refractivity contribution in [2.24, 2.45) is 0 Å². The molecule has 0 fully saturated rings. The fourth-order valence-corrected chi connectivity index (χ4v) is 2.64. The molecule has 1 aromatic rings. The van der Waals surface area contributed by atoms with Crippen LogP contribution in [0.15, 0.2) is 30.3 Å². The Labute approximate surface area is 169 Å². The Hall–Kier alpha value is -2.70. The van der Waals surface area contributed by atoms with Gasteiger partial charge in [-0.2, -0.15) is 13.1 Å². The predicted octanol–water partition coefficient (Wildman–Crippen LogP) is -0.294. The van der Waals surface area contributed by atoms with Gasteiger partial charge in [0.1, 0.15) is 12.6 Å². The van der Waals surface area contributed by atoms with E-state index in [2.05, 4.69) is 10.6 Å². The maximum absolute atomic E-state index is 11.7. The molecule has 162 valence electrons. The number of rotatable bonds is 13. The van der Waals surface area contributed by atoms with Crippen molar-refractivity contribution in [2.75, 3.05) is 20.1 Å². The van der Waals surface area contributed by atoms with Gasteiger partial charge in [0, 0.05) is 13.6 Å². The number of carbonyl (C=O) groups excluding carboxylic acids is 2. The Morgan fingerprint density at radius 2 is 1.83 bits per heavy atom. The molecule has 29 heavy (non-hydrogen) atoms. The Balaban J connectivity index is 2.23. The van der Waals surface area contributed by atoms with Gasteiger partial charge >= 0.3 is 12.1 Å². The highest BCUT2D eigenvalue weighted by molar-refractivity contribution is 7.87. The van der Waals surface area contributed by atoms with Gasteiger partial charge in [0.15, 0.2) is 0 Å². The monoisotopic (exact) mass is 430 g/mol. The minimum Gasteiger partial charge on any atom is -0.480 e. The molecule has 0 saturated carbocycles. The number of alkyl carbamates (subject to hydrolysis) is 1. The lowest BCUT2D eigenvalue weighted by atomic mass is 10.1. The molecule has 12 heteroatoms. The van der Waals surface area contributed by atoms with Crippen LogP contribution >= 0.6 is 0 Å². The van der Waals surface area contributed by atoms with Crippen LogP contribution in [-0.2, 0) is 31.1 Å². The molecule has 1 atom stereocenters. The van der Waals surface area contributed by atoms with Gasteiger partial charge in [0.05, 0.1) is 6.54 Å². The van der Waals surface area contributed by atoms with Crippen molar-refractivity contribution in [3.8, 4) is 0 Å². The lowest BCUT2D eigenvalue weighted by molar-refractivity contribution is -0.141. The summed E-state index contributed by atoms with van der Waals surface area (Å²) in [7, 11) is -2.61. The number of carboxylic acid groups (broad SMARTS) is 1. The molecule has 0 aromatic heterocycles. The van der Waals surface area contributed by atoms with Gasteiger partial charge in [-0.1, -0.05) is 30.3 Å². The summed E-state index contributed by atoms with van der Waals surface area (Å²) < 4.78 is 31.3. The molecule has 0 saturated heterocycles. The van der Waals surface area contributed by atoms with E-state index >= 15 is 0 Å². The standard InChI is InChI=1S/C17H26N4O7S/c1-18-29(26,27)20-11-15(22)21-14(16(23)24)9-5-6-10-19-17(25)28-12-13-7-3-2-4-8-13/h2-4,7-8,14,18,20H,5-6,9-12H2,1H3,(H,19,25)(H,21,22)(H,23,24)/t14-/m0/s1. The molecule has 0 radical (unpaired) electrons. The highest BCUT2D eigenvalue weighted by Crippen LogP contribution is 2.02. The molecular formula is C17H26N4O7S. The van der Waals surface area contributed by atoms with Gasteiger partial charge in [0.2, 0.25) is 5.91 Å². The number of benzene rings is 1. The molecule has 1 aromatic carbocycles. The van der Waals surface area contributed by atoms with E-state index in [4.69, 9.17) is 9.84 Å². The minimum atomic E-state index is -3.79. The SMILES string of the molecule is CNS(=O)(=O)NCC(=O)N[C@@H](CCCCNC(=O)OCc1ccccc1)C(=O)O.